The zero-order valence-electron chi connectivity index (χ0n) is 16.1. The standard InChI is InChI=1S/C21H25NO6/c1-3-26-17-8-10-18(11-9-17)27-13-12-22-20(23)15-28-19-6-4-16(5-7-19)14-21(24)25-2/h4-11H,3,12-15H2,1-2H3,(H,22,23). The van der Waals surface area contributed by atoms with Gasteiger partial charge in [0, 0.05) is 0 Å². The molecule has 150 valence electrons. The Morgan fingerprint density at radius 1 is 0.857 bits per heavy atom. The molecule has 0 saturated heterocycles. The maximum atomic E-state index is 11.8. The largest absolute Gasteiger partial charge is 0.494 e. The van der Waals surface area contributed by atoms with E-state index in [4.69, 9.17) is 14.2 Å². The van der Waals surface area contributed by atoms with Crippen molar-refractivity contribution < 1.29 is 28.5 Å². The van der Waals surface area contributed by atoms with Crippen molar-refractivity contribution in [3.63, 3.8) is 0 Å². The third-order valence-electron chi connectivity index (χ3n) is 3.70. The van der Waals surface area contributed by atoms with E-state index >= 15 is 0 Å². The number of carbonyl (C=O) groups is 2. The quantitative estimate of drug-likeness (QED) is 0.471. The van der Waals surface area contributed by atoms with E-state index < -0.39 is 0 Å². The molecule has 1 amide bonds. The van der Waals surface area contributed by atoms with Crippen molar-refractivity contribution in [2.75, 3.05) is 33.5 Å². The second kappa shape index (κ2) is 11.5. The van der Waals surface area contributed by atoms with Crippen LogP contribution in [-0.4, -0.2) is 45.4 Å². The highest BCUT2D eigenvalue weighted by Gasteiger charge is 2.05. The molecule has 0 radical (unpaired) electrons. The topological polar surface area (TPSA) is 83.1 Å². The number of methoxy groups -OCH3 is 1. The Morgan fingerprint density at radius 3 is 2.04 bits per heavy atom. The zero-order valence-corrected chi connectivity index (χ0v) is 16.1. The van der Waals surface area contributed by atoms with Gasteiger partial charge in [-0.3, -0.25) is 9.59 Å². The molecule has 0 fully saturated rings. The average molecular weight is 387 g/mol. The minimum atomic E-state index is -0.305. The van der Waals surface area contributed by atoms with Crippen molar-refractivity contribution in [1.29, 1.82) is 0 Å². The van der Waals surface area contributed by atoms with Crippen LogP contribution in [0.4, 0.5) is 0 Å². The summed E-state index contributed by atoms with van der Waals surface area (Å²) in [5.74, 6) is 1.50. The minimum absolute atomic E-state index is 0.0978. The smallest absolute Gasteiger partial charge is 0.309 e. The van der Waals surface area contributed by atoms with Crippen LogP contribution in [0, 0.1) is 0 Å². The molecule has 0 heterocycles. The lowest BCUT2D eigenvalue weighted by molar-refractivity contribution is -0.139. The number of esters is 1. The van der Waals surface area contributed by atoms with Gasteiger partial charge in [0.1, 0.15) is 23.9 Å². The van der Waals surface area contributed by atoms with E-state index in [9.17, 15) is 9.59 Å². The fourth-order valence-electron chi connectivity index (χ4n) is 2.30. The highest BCUT2D eigenvalue weighted by Crippen LogP contribution is 2.17. The Morgan fingerprint density at radius 2 is 1.43 bits per heavy atom. The Balaban J connectivity index is 1.62. The molecule has 0 aliphatic rings. The molecule has 28 heavy (non-hydrogen) atoms. The molecule has 0 aromatic heterocycles. The van der Waals surface area contributed by atoms with Crippen molar-refractivity contribution in [2.24, 2.45) is 0 Å². The third-order valence-corrected chi connectivity index (χ3v) is 3.70. The van der Waals surface area contributed by atoms with Crippen molar-refractivity contribution in [1.82, 2.24) is 5.32 Å². The van der Waals surface area contributed by atoms with Gasteiger partial charge >= 0.3 is 5.97 Å². The van der Waals surface area contributed by atoms with Crippen LogP contribution in [0.1, 0.15) is 12.5 Å². The maximum Gasteiger partial charge on any atom is 0.309 e. The third kappa shape index (κ3) is 7.57. The van der Waals surface area contributed by atoms with Gasteiger partial charge in [-0.15, -0.1) is 0 Å². The first-order valence-electron chi connectivity index (χ1n) is 9.01. The van der Waals surface area contributed by atoms with Crippen LogP contribution in [0.25, 0.3) is 0 Å². The monoisotopic (exact) mass is 387 g/mol. The summed E-state index contributed by atoms with van der Waals surface area (Å²) in [5, 5.41) is 2.73. The summed E-state index contributed by atoms with van der Waals surface area (Å²) in [6, 6.07) is 14.2. The predicted octanol–water partition coefficient (Wildman–Crippen LogP) is 2.37. The fraction of sp³-hybridized carbons (Fsp3) is 0.333. The van der Waals surface area contributed by atoms with E-state index in [1.54, 1.807) is 24.3 Å². The lowest BCUT2D eigenvalue weighted by atomic mass is 10.1. The van der Waals surface area contributed by atoms with E-state index in [0.29, 0.717) is 31.3 Å². The van der Waals surface area contributed by atoms with Gasteiger partial charge in [0.2, 0.25) is 0 Å². The molecule has 0 aliphatic carbocycles. The van der Waals surface area contributed by atoms with Crippen molar-refractivity contribution in [3.8, 4) is 17.2 Å². The summed E-state index contributed by atoms with van der Waals surface area (Å²) >= 11 is 0. The van der Waals surface area contributed by atoms with Gasteiger partial charge in [-0.2, -0.15) is 0 Å². The van der Waals surface area contributed by atoms with Gasteiger partial charge in [-0.25, -0.2) is 0 Å². The number of amides is 1. The maximum absolute atomic E-state index is 11.8. The molecule has 0 spiro atoms. The van der Waals surface area contributed by atoms with Crippen molar-refractivity contribution in [2.45, 2.75) is 13.3 Å². The summed E-state index contributed by atoms with van der Waals surface area (Å²) in [7, 11) is 1.35. The summed E-state index contributed by atoms with van der Waals surface area (Å²) in [4.78, 5) is 23.0. The molecule has 0 bridgehead atoms. The van der Waals surface area contributed by atoms with Crippen LogP contribution in [0.15, 0.2) is 48.5 Å². The molecule has 1 N–H and O–H groups in total. The van der Waals surface area contributed by atoms with Crippen LogP contribution < -0.4 is 19.5 Å². The number of benzene rings is 2. The van der Waals surface area contributed by atoms with Crippen LogP contribution in [-0.2, 0) is 20.7 Å². The molecule has 2 rings (SSSR count). The molecule has 0 unspecified atom stereocenters. The Bertz CT molecular complexity index is 742. The van der Waals surface area contributed by atoms with Crippen LogP contribution in [0.2, 0.25) is 0 Å². The number of hydrogen-bond acceptors (Lipinski definition) is 6. The van der Waals surface area contributed by atoms with Gasteiger partial charge < -0.3 is 24.3 Å². The van der Waals surface area contributed by atoms with Crippen LogP contribution in [0.3, 0.4) is 0 Å². The number of nitrogens with one attached hydrogen (secondary N) is 1. The van der Waals surface area contributed by atoms with Gasteiger partial charge in [-0.05, 0) is 48.9 Å². The van der Waals surface area contributed by atoms with Gasteiger partial charge in [0.15, 0.2) is 6.61 Å². The van der Waals surface area contributed by atoms with Gasteiger partial charge in [0.05, 0.1) is 26.7 Å². The molecular formula is C21H25NO6. The predicted molar refractivity (Wildman–Crippen MR) is 104 cm³/mol. The number of rotatable bonds is 11. The molecule has 2 aromatic carbocycles. The first kappa shape index (κ1) is 21.1. The number of carbonyl (C=O) groups excluding carboxylic acids is 2. The van der Waals surface area contributed by atoms with Crippen molar-refractivity contribution >= 4 is 11.9 Å². The van der Waals surface area contributed by atoms with E-state index in [1.807, 2.05) is 31.2 Å². The summed E-state index contributed by atoms with van der Waals surface area (Å²) in [6.07, 6.45) is 0.200. The van der Waals surface area contributed by atoms with Crippen LogP contribution >= 0.6 is 0 Å². The van der Waals surface area contributed by atoms with E-state index in [0.717, 1.165) is 11.3 Å². The number of hydrogen-bond donors (Lipinski definition) is 1. The summed E-state index contributed by atoms with van der Waals surface area (Å²) in [5.41, 5.74) is 0.815. The molecular weight excluding hydrogens is 362 g/mol. The van der Waals surface area contributed by atoms with E-state index in [-0.39, 0.29) is 24.9 Å². The SMILES string of the molecule is CCOc1ccc(OCCNC(=O)COc2ccc(CC(=O)OC)cc2)cc1. The van der Waals surface area contributed by atoms with E-state index in [1.165, 1.54) is 7.11 Å². The molecule has 0 saturated carbocycles. The number of ether oxygens (including phenoxy) is 4. The van der Waals surface area contributed by atoms with Crippen LogP contribution in [0.5, 0.6) is 17.2 Å². The summed E-state index contributed by atoms with van der Waals surface area (Å²) in [6.45, 7) is 3.16. The molecule has 2 aromatic rings. The highest BCUT2D eigenvalue weighted by molar-refractivity contribution is 5.77. The minimum Gasteiger partial charge on any atom is -0.494 e. The zero-order chi connectivity index (χ0) is 20.2. The van der Waals surface area contributed by atoms with E-state index in [2.05, 4.69) is 10.1 Å². The molecule has 0 atom stereocenters. The Labute approximate surface area is 164 Å². The average Bonchev–Trinajstić information content (AvgIpc) is 2.72. The van der Waals surface area contributed by atoms with Crippen molar-refractivity contribution in [3.05, 3.63) is 54.1 Å². The second-order valence-corrected chi connectivity index (χ2v) is 5.79. The molecule has 0 aliphatic heterocycles. The Hall–Kier alpha value is -3.22. The summed E-state index contributed by atoms with van der Waals surface area (Å²) < 4.78 is 21.0. The first-order valence-corrected chi connectivity index (χ1v) is 9.01. The fourth-order valence-corrected chi connectivity index (χ4v) is 2.30. The lowest BCUT2D eigenvalue weighted by Gasteiger charge is -2.10. The lowest BCUT2D eigenvalue weighted by Crippen LogP contribution is -2.32. The highest BCUT2D eigenvalue weighted by atomic mass is 16.5. The Kier molecular flexibility index (Phi) is 8.65. The molecule has 7 heteroatoms. The second-order valence-electron chi connectivity index (χ2n) is 5.79. The van der Waals surface area contributed by atoms with Gasteiger partial charge in [0.25, 0.3) is 5.91 Å². The normalized spacial score (nSPS) is 10.1. The molecule has 7 nitrogen and oxygen atoms in total. The first-order chi connectivity index (χ1) is 13.6. The van der Waals surface area contributed by atoms with Gasteiger partial charge in [-0.1, -0.05) is 12.1 Å².